The maximum atomic E-state index is 10.6. The standard InChI is InChI=1S/C17H18O4/c1-17(2,21-18)20-16(19-3)15-11-9-14(10-12-15)13-7-5-4-6-8-13/h4-12H,1-3H3. The number of rotatable bonds is 4. The molecule has 0 saturated heterocycles. The molecule has 0 heterocycles. The monoisotopic (exact) mass is 286 g/mol. The summed E-state index contributed by atoms with van der Waals surface area (Å²) in [7, 11) is 1.49. The molecule has 0 N–H and O–H groups in total. The fraction of sp³-hybridized carbons (Fsp3) is 0.235. The quantitative estimate of drug-likeness (QED) is 0.285. The van der Waals surface area contributed by atoms with Crippen LogP contribution in [-0.2, 0) is 9.62 Å². The van der Waals surface area contributed by atoms with Gasteiger partial charge in [-0.1, -0.05) is 42.5 Å². The molecule has 0 spiro atoms. The number of benzene rings is 2. The van der Waals surface area contributed by atoms with Gasteiger partial charge in [-0.05, 0) is 23.3 Å². The van der Waals surface area contributed by atoms with Crippen molar-refractivity contribution in [1.82, 2.24) is 0 Å². The normalized spacial score (nSPS) is 12.3. The molecule has 2 aromatic rings. The molecule has 0 fully saturated rings. The van der Waals surface area contributed by atoms with Crippen molar-refractivity contribution in [2.75, 3.05) is 7.11 Å². The Balaban J connectivity index is 2.22. The minimum Gasteiger partial charge on any atom is -0.718 e. The summed E-state index contributed by atoms with van der Waals surface area (Å²) in [5.74, 6) is -1.04. The number of hydrogen-bond donors (Lipinski definition) is 0. The summed E-state index contributed by atoms with van der Waals surface area (Å²) in [6.45, 7) is 3.05. The molecule has 4 heteroatoms. The summed E-state index contributed by atoms with van der Waals surface area (Å²) >= 11 is 0. The van der Waals surface area contributed by atoms with Crippen LogP contribution in [0.3, 0.4) is 0 Å². The molecule has 2 rings (SSSR count). The molecule has 0 bridgehead atoms. The van der Waals surface area contributed by atoms with Crippen molar-refractivity contribution in [2.45, 2.75) is 19.6 Å². The van der Waals surface area contributed by atoms with Gasteiger partial charge < -0.3 is 14.6 Å². The highest BCUT2D eigenvalue weighted by Crippen LogP contribution is 2.20. The van der Waals surface area contributed by atoms with Crippen molar-refractivity contribution in [3.05, 3.63) is 60.2 Å². The highest BCUT2D eigenvalue weighted by atomic mass is 17.1. The molecule has 2 aromatic carbocycles. The summed E-state index contributed by atoms with van der Waals surface area (Å²) in [5.41, 5.74) is 2.96. The number of esters is 1. The van der Waals surface area contributed by atoms with E-state index in [1.807, 2.05) is 54.6 Å². The van der Waals surface area contributed by atoms with Gasteiger partial charge in [0.05, 0.1) is 0 Å². The van der Waals surface area contributed by atoms with Crippen LogP contribution in [-0.4, -0.2) is 18.9 Å². The second kappa shape index (κ2) is 6.52. The molecule has 0 radical (unpaired) electrons. The molecule has 0 amide bonds. The minimum absolute atomic E-state index is 0.246. The summed E-state index contributed by atoms with van der Waals surface area (Å²) in [4.78, 5) is 4.01. The van der Waals surface area contributed by atoms with E-state index in [4.69, 9.17) is 9.16 Å². The smallest absolute Gasteiger partial charge is 0.522 e. The maximum Gasteiger partial charge on any atom is 0.522 e. The van der Waals surface area contributed by atoms with Gasteiger partial charge in [0.2, 0.25) is 0 Å². The van der Waals surface area contributed by atoms with Crippen LogP contribution in [0.1, 0.15) is 23.8 Å². The van der Waals surface area contributed by atoms with E-state index in [9.17, 15) is 5.26 Å². The Morgan fingerprint density at radius 2 is 1.52 bits per heavy atom. The zero-order valence-corrected chi connectivity index (χ0v) is 12.3. The third-order valence-corrected chi connectivity index (χ3v) is 2.95. The second-order valence-electron chi connectivity index (χ2n) is 5.02. The molecular formula is C17H18O4. The van der Waals surface area contributed by atoms with Crippen molar-refractivity contribution >= 4 is 5.97 Å². The first-order chi connectivity index (χ1) is 10.1. The third-order valence-electron chi connectivity index (χ3n) is 2.95. The van der Waals surface area contributed by atoms with E-state index in [0.29, 0.717) is 0 Å². The van der Waals surface area contributed by atoms with Gasteiger partial charge in [-0.15, -0.1) is 0 Å². The molecule has 0 aromatic heterocycles. The van der Waals surface area contributed by atoms with Crippen LogP contribution in [0.5, 0.6) is 0 Å². The Labute approximate surface area is 124 Å². The van der Waals surface area contributed by atoms with E-state index in [0.717, 1.165) is 16.7 Å². The van der Waals surface area contributed by atoms with Crippen LogP contribution in [0.2, 0.25) is 0 Å². The van der Waals surface area contributed by atoms with E-state index in [2.05, 4.69) is 4.89 Å². The number of hydrogen-bond acceptors (Lipinski definition) is 3. The van der Waals surface area contributed by atoms with E-state index in [1.165, 1.54) is 21.0 Å². The lowest BCUT2D eigenvalue weighted by Gasteiger charge is -2.21. The first-order valence-electron chi connectivity index (χ1n) is 6.62. The molecule has 21 heavy (non-hydrogen) atoms. The van der Waals surface area contributed by atoms with Crippen LogP contribution in [0, 0.1) is 0 Å². The molecule has 0 unspecified atom stereocenters. The Bertz CT molecular complexity index is 600. The van der Waals surface area contributed by atoms with Crippen LogP contribution in [0.15, 0.2) is 54.6 Å². The van der Waals surface area contributed by atoms with Gasteiger partial charge in [-0.3, -0.25) is 4.74 Å². The number of ether oxygens (including phenoxy) is 1. The molecule has 0 atom stereocenters. The van der Waals surface area contributed by atoms with Crippen molar-refractivity contribution < 1.29 is 19.3 Å². The molecule has 0 aliphatic rings. The Morgan fingerprint density at radius 1 is 0.952 bits per heavy atom. The molecule has 110 valence electrons. The second-order valence-corrected chi connectivity index (χ2v) is 5.02. The van der Waals surface area contributed by atoms with E-state index in [1.54, 1.807) is 0 Å². The molecule has 0 saturated carbocycles. The molecule has 0 aliphatic heterocycles. The SMILES string of the molecule is C[O+]=C(OC(C)(C)O[O-])c1ccc(-c2ccccc2)cc1. The fourth-order valence-electron chi connectivity index (χ4n) is 1.89. The van der Waals surface area contributed by atoms with E-state index in [-0.39, 0.29) is 5.97 Å². The summed E-state index contributed by atoms with van der Waals surface area (Å²) in [6, 6.07) is 17.7. The largest absolute Gasteiger partial charge is 0.718 e. The third kappa shape index (κ3) is 3.90. The van der Waals surface area contributed by atoms with Crippen molar-refractivity contribution in [3.63, 3.8) is 0 Å². The van der Waals surface area contributed by atoms with Crippen molar-refractivity contribution in [3.8, 4) is 11.1 Å². The average Bonchev–Trinajstić information content (AvgIpc) is 2.54. The van der Waals surface area contributed by atoms with E-state index < -0.39 is 5.79 Å². The zero-order valence-electron chi connectivity index (χ0n) is 12.3. The highest BCUT2D eigenvalue weighted by Gasteiger charge is 2.31. The average molecular weight is 286 g/mol. The van der Waals surface area contributed by atoms with Gasteiger partial charge in [-0.25, -0.2) is 0 Å². The Hall–Kier alpha value is -2.17. The maximum absolute atomic E-state index is 10.6. The van der Waals surface area contributed by atoms with Crippen LogP contribution in [0.4, 0.5) is 0 Å². The highest BCUT2D eigenvalue weighted by molar-refractivity contribution is 5.90. The Morgan fingerprint density at radius 3 is 2.05 bits per heavy atom. The predicted molar refractivity (Wildman–Crippen MR) is 78.4 cm³/mol. The lowest BCUT2D eigenvalue weighted by molar-refractivity contribution is -0.731. The van der Waals surface area contributed by atoms with Crippen molar-refractivity contribution in [2.24, 2.45) is 0 Å². The van der Waals surface area contributed by atoms with Gasteiger partial charge in [-0.2, -0.15) is 0 Å². The van der Waals surface area contributed by atoms with E-state index >= 15 is 0 Å². The van der Waals surface area contributed by atoms with Gasteiger partial charge in [0.1, 0.15) is 5.56 Å². The molecule has 0 aliphatic carbocycles. The van der Waals surface area contributed by atoms with Crippen LogP contribution >= 0.6 is 0 Å². The first-order valence-corrected chi connectivity index (χ1v) is 6.62. The topological polar surface area (TPSA) is 52.8 Å². The number of carbonyl (C=O) groups excluding carboxylic acids is 1. The van der Waals surface area contributed by atoms with Crippen molar-refractivity contribution in [1.29, 1.82) is 0 Å². The lowest BCUT2D eigenvalue weighted by atomic mass is 10.0. The minimum atomic E-state index is -1.29. The fourth-order valence-corrected chi connectivity index (χ4v) is 1.89. The van der Waals surface area contributed by atoms with Gasteiger partial charge in [0, 0.05) is 13.8 Å². The summed E-state index contributed by atoms with van der Waals surface area (Å²) < 4.78 is 10.6. The molecule has 4 nitrogen and oxygen atoms in total. The van der Waals surface area contributed by atoms with Gasteiger partial charge in [0.25, 0.3) is 5.79 Å². The lowest BCUT2D eigenvalue weighted by Crippen LogP contribution is -2.36. The first kappa shape index (κ1) is 15.2. The zero-order chi connectivity index (χ0) is 15.3. The van der Waals surface area contributed by atoms with Gasteiger partial charge >= 0.3 is 5.97 Å². The van der Waals surface area contributed by atoms with Crippen LogP contribution in [0.25, 0.3) is 11.1 Å². The summed E-state index contributed by atoms with van der Waals surface area (Å²) in [6.07, 6.45) is 0. The van der Waals surface area contributed by atoms with Crippen LogP contribution < -0.4 is 5.26 Å². The molecular weight excluding hydrogens is 268 g/mol. The van der Waals surface area contributed by atoms with Gasteiger partial charge in [0.15, 0.2) is 7.11 Å². The predicted octanol–water partition coefficient (Wildman–Crippen LogP) is 2.70. The summed E-state index contributed by atoms with van der Waals surface area (Å²) in [5, 5.41) is 10.6. The Kier molecular flexibility index (Phi) is 4.73.